The molecule has 0 aliphatic carbocycles. The predicted octanol–water partition coefficient (Wildman–Crippen LogP) is 8.29. The fourth-order valence-corrected chi connectivity index (χ4v) is 4.03. The van der Waals surface area contributed by atoms with E-state index in [1.54, 1.807) is 54.6 Å². The summed E-state index contributed by atoms with van der Waals surface area (Å²) >= 11 is 0. The van der Waals surface area contributed by atoms with E-state index in [0.29, 0.717) is 40.3 Å². The van der Waals surface area contributed by atoms with Crippen molar-refractivity contribution in [1.82, 2.24) is 0 Å². The number of ether oxygens (including phenoxy) is 1. The molecule has 1 nitrogen and oxygen atoms in total. The van der Waals surface area contributed by atoms with Gasteiger partial charge in [0.1, 0.15) is 17.4 Å². The lowest BCUT2D eigenvalue weighted by atomic mass is 9.96. The van der Waals surface area contributed by atoms with Crippen molar-refractivity contribution in [3.63, 3.8) is 0 Å². The summed E-state index contributed by atoms with van der Waals surface area (Å²) < 4.78 is 58.8. The van der Waals surface area contributed by atoms with Gasteiger partial charge in [-0.25, -0.2) is 8.78 Å². The van der Waals surface area contributed by atoms with Crippen LogP contribution < -0.4 is 4.74 Å². The van der Waals surface area contributed by atoms with Gasteiger partial charge in [-0.05, 0) is 77.6 Å². The van der Waals surface area contributed by atoms with Crippen molar-refractivity contribution in [1.29, 1.82) is 0 Å². The number of fused-ring (bicyclic) bond motifs is 1. The van der Waals surface area contributed by atoms with E-state index in [-0.39, 0.29) is 17.4 Å². The Balaban J connectivity index is 1.51. The number of allylic oxidation sites excluding steroid dienone is 1. The van der Waals surface area contributed by atoms with Gasteiger partial charge in [-0.3, -0.25) is 0 Å². The van der Waals surface area contributed by atoms with E-state index in [1.807, 2.05) is 12.1 Å². The lowest BCUT2D eigenvalue weighted by Gasteiger charge is -2.11. The molecule has 174 valence electrons. The second kappa shape index (κ2) is 10.6. The maximum Gasteiger partial charge on any atom is 0.387 e. The normalized spacial score (nSPS) is 11.2. The largest absolute Gasteiger partial charge is 0.435 e. The zero-order chi connectivity index (χ0) is 24.1. The molecule has 0 bridgehead atoms. The van der Waals surface area contributed by atoms with E-state index in [0.717, 1.165) is 24.0 Å². The van der Waals surface area contributed by atoms with Gasteiger partial charge in [-0.15, -0.1) is 6.58 Å². The van der Waals surface area contributed by atoms with Crippen molar-refractivity contribution < 1.29 is 22.3 Å². The summed E-state index contributed by atoms with van der Waals surface area (Å²) in [4.78, 5) is 0. The third kappa shape index (κ3) is 5.48. The molecular weight excluding hydrogens is 440 g/mol. The van der Waals surface area contributed by atoms with E-state index < -0.39 is 6.61 Å². The summed E-state index contributed by atoms with van der Waals surface area (Å²) in [6.45, 7) is 0.828. The molecule has 0 aliphatic rings. The Labute approximate surface area is 196 Å². The third-order valence-corrected chi connectivity index (χ3v) is 5.85. The van der Waals surface area contributed by atoms with Crippen LogP contribution in [0.15, 0.2) is 85.5 Å². The minimum atomic E-state index is -2.86. The molecule has 4 rings (SSSR count). The van der Waals surface area contributed by atoms with Crippen LogP contribution in [0.3, 0.4) is 0 Å². The number of alkyl halides is 2. The second-order valence-corrected chi connectivity index (χ2v) is 8.14. The molecule has 0 N–H and O–H groups in total. The van der Waals surface area contributed by atoms with E-state index >= 15 is 4.39 Å². The summed E-state index contributed by atoms with van der Waals surface area (Å²) in [5.41, 5.74) is 3.54. The molecule has 4 aromatic rings. The Morgan fingerprint density at radius 3 is 2.26 bits per heavy atom. The molecule has 0 spiro atoms. The fraction of sp³-hybridized carbons (Fsp3) is 0.172. The molecule has 0 heterocycles. The van der Waals surface area contributed by atoms with Crippen LogP contribution in [0.1, 0.15) is 23.1 Å². The quantitative estimate of drug-likeness (QED) is 0.179. The molecular formula is C29H24F4O. The van der Waals surface area contributed by atoms with Gasteiger partial charge in [0, 0.05) is 10.9 Å². The van der Waals surface area contributed by atoms with Gasteiger partial charge in [-0.2, -0.15) is 8.78 Å². The molecule has 0 fully saturated rings. The fourth-order valence-electron chi connectivity index (χ4n) is 4.03. The van der Waals surface area contributed by atoms with Crippen LogP contribution in [-0.2, 0) is 19.3 Å². The number of hydrogen-bond acceptors (Lipinski definition) is 1. The Kier molecular flexibility index (Phi) is 7.31. The van der Waals surface area contributed by atoms with Crippen molar-refractivity contribution >= 4 is 10.8 Å². The maximum absolute atomic E-state index is 15.2. The average Bonchev–Trinajstić information content (AvgIpc) is 2.83. The van der Waals surface area contributed by atoms with Gasteiger partial charge in [0.2, 0.25) is 0 Å². The predicted molar refractivity (Wildman–Crippen MR) is 128 cm³/mol. The maximum atomic E-state index is 15.2. The molecule has 0 unspecified atom stereocenters. The highest BCUT2D eigenvalue weighted by Gasteiger charge is 2.12. The van der Waals surface area contributed by atoms with Gasteiger partial charge in [0.15, 0.2) is 0 Å². The first-order valence-electron chi connectivity index (χ1n) is 11.1. The van der Waals surface area contributed by atoms with Crippen molar-refractivity contribution in [2.75, 3.05) is 0 Å². The zero-order valence-corrected chi connectivity index (χ0v) is 18.5. The summed E-state index contributed by atoms with van der Waals surface area (Å²) in [6.07, 6.45) is 4.34. The topological polar surface area (TPSA) is 9.23 Å². The summed E-state index contributed by atoms with van der Waals surface area (Å²) in [7, 11) is 0. The molecule has 0 amide bonds. The highest BCUT2D eigenvalue weighted by Crippen LogP contribution is 2.30. The third-order valence-electron chi connectivity index (χ3n) is 5.85. The van der Waals surface area contributed by atoms with Crippen LogP contribution in [0.5, 0.6) is 5.75 Å². The molecule has 5 heteroatoms. The van der Waals surface area contributed by atoms with Gasteiger partial charge < -0.3 is 4.74 Å². The smallest absolute Gasteiger partial charge is 0.387 e. The monoisotopic (exact) mass is 464 g/mol. The first kappa shape index (κ1) is 23.6. The first-order chi connectivity index (χ1) is 16.4. The summed E-state index contributed by atoms with van der Waals surface area (Å²) in [5.74, 6) is -0.515. The van der Waals surface area contributed by atoms with Crippen molar-refractivity contribution in [2.24, 2.45) is 0 Å². The van der Waals surface area contributed by atoms with Crippen LogP contribution >= 0.6 is 0 Å². The van der Waals surface area contributed by atoms with Crippen LogP contribution in [0.4, 0.5) is 17.6 Å². The highest BCUT2D eigenvalue weighted by atomic mass is 19.3. The van der Waals surface area contributed by atoms with Crippen LogP contribution in [-0.4, -0.2) is 6.61 Å². The van der Waals surface area contributed by atoms with E-state index in [2.05, 4.69) is 11.3 Å². The van der Waals surface area contributed by atoms with Crippen molar-refractivity contribution in [3.05, 3.63) is 114 Å². The van der Waals surface area contributed by atoms with Gasteiger partial charge in [0.25, 0.3) is 0 Å². The van der Waals surface area contributed by atoms with Crippen LogP contribution in [0, 0.1) is 11.6 Å². The van der Waals surface area contributed by atoms with Crippen molar-refractivity contribution in [3.8, 4) is 16.9 Å². The Morgan fingerprint density at radius 2 is 1.56 bits per heavy atom. The highest BCUT2D eigenvalue weighted by molar-refractivity contribution is 5.88. The lowest BCUT2D eigenvalue weighted by molar-refractivity contribution is -0.0498. The Hall–Kier alpha value is -3.60. The van der Waals surface area contributed by atoms with Crippen LogP contribution in [0.25, 0.3) is 21.9 Å². The molecule has 0 saturated carbocycles. The zero-order valence-electron chi connectivity index (χ0n) is 18.5. The molecule has 0 aliphatic heterocycles. The number of hydrogen-bond donors (Lipinski definition) is 0. The van der Waals surface area contributed by atoms with Gasteiger partial charge in [0.05, 0.1) is 0 Å². The lowest BCUT2D eigenvalue weighted by Crippen LogP contribution is -2.02. The van der Waals surface area contributed by atoms with Gasteiger partial charge in [-0.1, -0.05) is 54.6 Å². The number of benzene rings is 4. The number of halogens is 4. The van der Waals surface area contributed by atoms with Crippen LogP contribution in [0.2, 0.25) is 0 Å². The average molecular weight is 465 g/mol. The molecule has 0 saturated heterocycles. The van der Waals surface area contributed by atoms with Gasteiger partial charge >= 0.3 is 6.61 Å². The van der Waals surface area contributed by atoms with E-state index in [1.165, 1.54) is 12.1 Å². The van der Waals surface area contributed by atoms with Crippen molar-refractivity contribution in [2.45, 2.75) is 32.3 Å². The number of aryl methyl sites for hydroxylation is 3. The number of rotatable bonds is 9. The Bertz CT molecular complexity index is 1300. The minimum Gasteiger partial charge on any atom is -0.435 e. The first-order valence-corrected chi connectivity index (χ1v) is 11.1. The molecule has 0 aromatic heterocycles. The summed E-state index contributed by atoms with van der Waals surface area (Å²) in [5, 5.41) is 1.17. The SMILES string of the molecule is C=CCCc1ccc(-c2ccc3c(F)c(CCc4ccc(OC(F)F)cc4)ccc3c2)c(F)c1. The Morgan fingerprint density at radius 1 is 0.794 bits per heavy atom. The molecule has 0 radical (unpaired) electrons. The standard InChI is InChI=1S/C29H24F4O/c1-2-3-4-20-8-15-25(27(30)17-20)22-12-16-26-23(18-22)11-10-21(28(26)31)9-5-19-6-13-24(14-7-19)34-29(32)33/h2,6-8,10-18,29H,1,3-5,9H2. The molecule has 0 atom stereocenters. The van der Waals surface area contributed by atoms with E-state index in [9.17, 15) is 13.2 Å². The second-order valence-electron chi connectivity index (χ2n) is 8.14. The minimum absolute atomic E-state index is 0.0919. The van der Waals surface area contributed by atoms with E-state index in [4.69, 9.17) is 0 Å². The summed E-state index contributed by atoms with van der Waals surface area (Å²) in [6, 6.07) is 20.3. The molecule has 34 heavy (non-hydrogen) atoms. The molecule has 4 aromatic carbocycles.